The van der Waals surface area contributed by atoms with E-state index in [9.17, 15) is 0 Å². The zero-order chi connectivity index (χ0) is 17.4. The average molecular weight is 356 g/mol. The zero-order valence-electron chi connectivity index (χ0n) is 15.7. The molecule has 0 bridgehead atoms. The predicted octanol–water partition coefficient (Wildman–Crippen LogP) is 4.65. The van der Waals surface area contributed by atoms with E-state index in [0.29, 0.717) is 0 Å². The summed E-state index contributed by atoms with van der Waals surface area (Å²) >= 11 is 1.88. The van der Waals surface area contributed by atoms with Gasteiger partial charge in [0.2, 0.25) is 0 Å². The molecule has 1 fully saturated rings. The number of thiazole rings is 1. The van der Waals surface area contributed by atoms with Crippen molar-refractivity contribution < 1.29 is 0 Å². The van der Waals surface area contributed by atoms with E-state index in [1.54, 1.807) is 0 Å². The summed E-state index contributed by atoms with van der Waals surface area (Å²) in [5.41, 5.74) is 3.72. The molecular formula is C21H29N3S. The highest BCUT2D eigenvalue weighted by atomic mass is 32.1. The van der Waals surface area contributed by atoms with Crippen molar-refractivity contribution in [2.75, 3.05) is 26.7 Å². The summed E-state index contributed by atoms with van der Waals surface area (Å²) in [5, 5.41) is 1.31. The number of likely N-dealkylation sites (tertiary alicyclic amines) is 1. The van der Waals surface area contributed by atoms with E-state index in [-0.39, 0.29) is 0 Å². The Labute approximate surface area is 155 Å². The third-order valence-corrected chi connectivity index (χ3v) is 7.01. The van der Waals surface area contributed by atoms with Crippen molar-refractivity contribution in [2.24, 2.45) is 22.7 Å². The Kier molecular flexibility index (Phi) is 4.92. The molecule has 2 unspecified atom stereocenters. The largest absolute Gasteiger partial charge is 0.306 e. The monoisotopic (exact) mass is 355 g/mol. The van der Waals surface area contributed by atoms with Gasteiger partial charge in [-0.05, 0) is 68.3 Å². The second kappa shape index (κ2) is 7.16. The maximum atomic E-state index is 4.98. The quantitative estimate of drug-likeness (QED) is 0.802. The summed E-state index contributed by atoms with van der Waals surface area (Å²) in [6.45, 7) is 8.11. The van der Waals surface area contributed by atoms with E-state index in [1.165, 1.54) is 52.4 Å². The first-order valence-electron chi connectivity index (χ1n) is 9.70. The molecule has 0 aliphatic carbocycles. The molecule has 0 radical (unpaired) electrons. The molecular weight excluding hydrogens is 326 g/mol. The summed E-state index contributed by atoms with van der Waals surface area (Å²) in [7, 11) is 2.24. The SMILES string of the molecule is CC1CN(C)CCC1Cc1nc2cc(C3=NC[C@@H](C)CC3)ccc2s1. The maximum absolute atomic E-state index is 4.98. The van der Waals surface area contributed by atoms with E-state index >= 15 is 0 Å². The Morgan fingerprint density at radius 1 is 1.24 bits per heavy atom. The van der Waals surface area contributed by atoms with Crippen LogP contribution in [0.25, 0.3) is 10.2 Å². The fraction of sp³-hybridized carbons (Fsp3) is 0.619. The van der Waals surface area contributed by atoms with Gasteiger partial charge in [-0.15, -0.1) is 11.3 Å². The van der Waals surface area contributed by atoms with E-state index in [0.717, 1.165) is 37.1 Å². The molecule has 4 heteroatoms. The van der Waals surface area contributed by atoms with Crippen molar-refractivity contribution in [1.82, 2.24) is 9.88 Å². The van der Waals surface area contributed by atoms with Gasteiger partial charge in [0, 0.05) is 25.2 Å². The number of rotatable bonds is 3. The second-order valence-electron chi connectivity index (χ2n) is 8.21. The minimum atomic E-state index is 0.731. The minimum absolute atomic E-state index is 0.731. The van der Waals surface area contributed by atoms with Gasteiger partial charge in [0.1, 0.15) is 0 Å². The highest BCUT2D eigenvalue weighted by molar-refractivity contribution is 7.18. The molecule has 4 rings (SSSR count). The van der Waals surface area contributed by atoms with Crippen molar-refractivity contribution >= 4 is 27.3 Å². The first-order chi connectivity index (χ1) is 12.1. The predicted molar refractivity (Wildman–Crippen MR) is 108 cm³/mol. The summed E-state index contributed by atoms with van der Waals surface area (Å²) in [5.74, 6) is 2.27. The number of benzene rings is 1. The molecule has 25 heavy (non-hydrogen) atoms. The highest BCUT2D eigenvalue weighted by Crippen LogP contribution is 2.31. The molecule has 134 valence electrons. The van der Waals surface area contributed by atoms with E-state index < -0.39 is 0 Å². The van der Waals surface area contributed by atoms with Gasteiger partial charge in [0.05, 0.1) is 15.2 Å². The van der Waals surface area contributed by atoms with Crippen LogP contribution in [0.3, 0.4) is 0 Å². The maximum Gasteiger partial charge on any atom is 0.0941 e. The van der Waals surface area contributed by atoms with Crippen LogP contribution in [0.4, 0.5) is 0 Å². The van der Waals surface area contributed by atoms with Crippen LogP contribution in [0.2, 0.25) is 0 Å². The Morgan fingerprint density at radius 3 is 2.88 bits per heavy atom. The van der Waals surface area contributed by atoms with E-state index in [2.05, 4.69) is 44.0 Å². The van der Waals surface area contributed by atoms with Crippen molar-refractivity contribution in [2.45, 2.75) is 39.5 Å². The first-order valence-corrected chi connectivity index (χ1v) is 10.5. The van der Waals surface area contributed by atoms with Crippen molar-refractivity contribution in [3.63, 3.8) is 0 Å². The zero-order valence-corrected chi connectivity index (χ0v) is 16.5. The fourth-order valence-corrected chi connectivity index (χ4v) is 5.27. The molecule has 0 spiro atoms. The number of fused-ring (bicyclic) bond motifs is 1. The van der Waals surface area contributed by atoms with Gasteiger partial charge in [-0.3, -0.25) is 4.99 Å². The van der Waals surface area contributed by atoms with Gasteiger partial charge in [-0.1, -0.05) is 19.9 Å². The van der Waals surface area contributed by atoms with Crippen LogP contribution >= 0.6 is 11.3 Å². The smallest absolute Gasteiger partial charge is 0.0941 e. The second-order valence-corrected chi connectivity index (χ2v) is 9.33. The minimum Gasteiger partial charge on any atom is -0.306 e. The standard InChI is InChI=1S/C21H29N3S/c1-14-4-6-18(22-12-14)17-5-7-20-19(10-17)23-21(25-20)11-16-8-9-24(3)13-15(16)2/h5,7,10,14-16H,4,6,8-9,11-13H2,1-3H3/t14-,15?,16?/m0/s1. The van der Waals surface area contributed by atoms with Gasteiger partial charge in [-0.25, -0.2) is 4.98 Å². The van der Waals surface area contributed by atoms with Crippen LogP contribution < -0.4 is 0 Å². The highest BCUT2D eigenvalue weighted by Gasteiger charge is 2.25. The van der Waals surface area contributed by atoms with Gasteiger partial charge < -0.3 is 4.90 Å². The normalized spacial score (nSPS) is 28.3. The molecule has 1 aromatic heterocycles. The molecule has 2 aromatic rings. The van der Waals surface area contributed by atoms with Crippen LogP contribution in [0.1, 0.15) is 43.7 Å². The van der Waals surface area contributed by atoms with Gasteiger partial charge in [0.15, 0.2) is 0 Å². The van der Waals surface area contributed by atoms with Gasteiger partial charge in [-0.2, -0.15) is 0 Å². The van der Waals surface area contributed by atoms with Gasteiger partial charge >= 0.3 is 0 Å². The van der Waals surface area contributed by atoms with Crippen molar-refractivity contribution in [3.05, 3.63) is 28.8 Å². The molecule has 0 N–H and O–H groups in total. The fourth-order valence-electron chi connectivity index (χ4n) is 4.23. The first kappa shape index (κ1) is 17.2. The summed E-state index contributed by atoms with van der Waals surface area (Å²) in [6, 6.07) is 6.77. The number of aliphatic imine (C=N–C) groups is 1. The molecule has 3 nitrogen and oxygen atoms in total. The summed E-state index contributed by atoms with van der Waals surface area (Å²) in [4.78, 5) is 12.2. The topological polar surface area (TPSA) is 28.5 Å². The van der Waals surface area contributed by atoms with Crippen LogP contribution in [0.5, 0.6) is 0 Å². The summed E-state index contributed by atoms with van der Waals surface area (Å²) in [6.07, 6.45) is 4.81. The van der Waals surface area contributed by atoms with E-state index in [1.807, 2.05) is 11.3 Å². The molecule has 2 aliphatic heterocycles. The third-order valence-electron chi connectivity index (χ3n) is 5.96. The van der Waals surface area contributed by atoms with Gasteiger partial charge in [0.25, 0.3) is 0 Å². The molecule has 0 amide bonds. The Bertz CT molecular complexity index is 779. The lowest BCUT2D eigenvalue weighted by Crippen LogP contribution is -2.37. The van der Waals surface area contributed by atoms with Crippen LogP contribution in [0, 0.1) is 17.8 Å². The Balaban J connectivity index is 1.52. The Morgan fingerprint density at radius 2 is 2.12 bits per heavy atom. The number of hydrogen-bond acceptors (Lipinski definition) is 4. The number of piperidine rings is 1. The molecule has 1 aromatic carbocycles. The average Bonchev–Trinajstić information content (AvgIpc) is 2.99. The molecule has 1 saturated heterocycles. The van der Waals surface area contributed by atoms with Crippen LogP contribution in [-0.4, -0.2) is 42.3 Å². The molecule has 3 heterocycles. The number of nitrogens with zero attached hydrogens (tertiary/aromatic N) is 3. The molecule has 2 aliphatic rings. The molecule has 0 saturated carbocycles. The third kappa shape index (κ3) is 3.80. The van der Waals surface area contributed by atoms with Crippen molar-refractivity contribution in [1.29, 1.82) is 0 Å². The lowest BCUT2D eigenvalue weighted by atomic mass is 9.85. The lowest BCUT2D eigenvalue weighted by Gasteiger charge is -2.34. The number of hydrogen-bond donors (Lipinski definition) is 0. The lowest BCUT2D eigenvalue weighted by molar-refractivity contribution is 0.154. The number of aromatic nitrogens is 1. The molecule has 3 atom stereocenters. The van der Waals surface area contributed by atoms with Crippen molar-refractivity contribution in [3.8, 4) is 0 Å². The van der Waals surface area contributed by atoms with E-state index in [4.69, 9.17) is 9.98 Å². The van der Waals surface area contributed by atoms with Crippen LogP contribution in [-0.2, 0) is 6.42 Å². The Hall–Kier alpha value is -1.26. The summed E-state index contributed by atoms with van der Waals surface area (Å²) < 4.78 is 1.32. The van der Waals surface area contributed by atoms with Crippen LogP contribution in [0.15, 0.2) is 23.2 Å².